The van der Waals surface area contributed by atoms with Crippen LogP contribution in [0.15, 0.2) is 30.3 Å². The van der Waals surface area contributed by atoms with E-state index < -0.39 is 11.9 Å². The highest BCUT2D eigenvalue weighted by atomic mass is 16.4. The van der Waals surface area contributed by atoms with Gasteiger partial charge in [0.05, 0.1) is 17.3 Å². The number of nitrogens with zero attached hydrogens (tertiary/aromatic N) is 3. The van der Waals surface area contributed by atoms with E-state index in [4.69, 9.17) is 10.2 Å². The van der Waals surface area contributed by atoms with Crippen molar-refractivity contribution >= 4 is 17.8 Å². The molecule has 0 radical (unpaired) electrons. The number of rotatable bonds is 3. The first-order valence-corrected chi connectivity index (χ1v) is 9.11. The third-order valence-corrected chi connectivity index (χ3v) is 4.78. The Morgan fingerprint density at radius 1 is 1.26 bits per heavy atom. The maximum Gasteiger partial charge on any atom is 0.323 e. The highest BCUT2D eigenvalue weighted by Gasteiger charge is 2.31. The average molecular weight is 370 g/mol. The molecule has 2 amide bonds. The van der Waals surface area contributed by atoms with Crippen LogP contribution in [0.3, 0.4) is 0 Å². The molecule has 2 heterocycles. The van der Waals surface area contributed by atoms with E-state index in [1.54, 1.807) is 9.58 Å². The van der Waals surface area contributed by atoms with Gasteiger partial charge in [-0.05, 0) is 31.0 Å². The summed E-state index contributed by atoms with van der Waals surface area (Å²) in [4.78, 5) is 25.4. The van der Waals surface area contributed by atoms with Crippen molar-refractivity contribution in [2.24, 2.45) is 5.92 Å². The van der Waals surface area contributed by atoms with Gasteiger partial charge in [-0.3, -0.25) is 10.1 Å². The van der Waals surface area contributed by atoms with Crippen LogP contribution < -0.4 is 5.32 Å². The summed E-state index contributed by atoms with van der Waals surface area (Å²) >= 11 is 0. The van der Waals surface area contributed by atoms with Gasteiger partial charge >= 0.3 is 12.0 Å². The van der Waals surface area contributed by atoms with Gasteiger partial charge in [-0.15, -0.1) is 0 Å². The summed E-state index contributed by atoms with van der Waals surface area (Å²) in [6.45, 7) is 8.88. The number of aromatic nitrogens is 2. The molecule has 1 saturated heterocycles. The fourth-order valence-corrected chi connectivity index (χ4v) is 3.13. The molecule has 1 atom stereocenters. The van der Waals surface area contributed by atoms with Crippen molar-refractivity contribution in [3.63, 3.8) is 0 Å². The molecule has 1 aliphatic heterocycles. The summed E-state index contributed by atoms with van der Waals surface area (Å²) in [5, 5.41) is 16.8. The van der Waals surface area contributed by atoms with Crippen LogP contribution in [0.4, 0.5) is 10.6 Å². The van der Waals surface area contributed by atoms with Crippen LogP contribution in [0.1, 0.15) is 38.4 Å². The fraction of sp³-hybridized carbons (Fsp3) is 0.450. The van der Waals surface area contributed by atoms with E-state index in [1.807, 2.05) is 37.3 Å². The van der Waals surface area contributed by atoms with E-state index >= 15 is 0 Å². The number of carboxylic acids is 1. The number of carboxylic acid groups (broad SMARTS) is 1. The molecule has 0 spiro atoms. The number of amides is 2. The maximum atomic E-state index is 12.7. The van der Waals surface area contributed by atoms with Crippen LogP contribution in [0.2, 0.25) is 0 Å². The minimum Gasteiger partial charge on any atom is -0.481 e. The molecule has 144 valence electrons. The highest BCUT2D eigenvalue weighted by molar-refractivity contribution is 5.89. The molecule has 1 aliphatic rings. The van der Waals surface area contributed by atoms with Gasteiger partial charge in [0, 0.05) is 24.6 Å². The monoisotopic (exact) mass is 370 g/mol. The zero-order chi connectivity index (χ0) is 19.8. The lowest BCUT2D eigenvalue weighted by Crippen LogP contribution is -2.34. The first-order chi connectivity index (χ1) is 12.6. The molecule has 2 N–H and O–H groups in total. The van der Waals surface area contributed by atoms with Crippen LogP contribution in [0.25, 0.3) is 5.69 Å². The average Bonchev–Trinajstić information content (AvgIpc) is 3.21. The highest BCUT2D eigenvalue weighted by Crippen LogP contribution is 2.27. The first kappa shape index (κ1) is 18.9. The number of carbonyl (C=O) groups is 2. The lowest BCUT2D eigenvalue weighted by molar-refractivity contribution is -0.141. The summed E-state index contributed by atoms with van der Waals surface area (Å²) < 4.78 is 1.73. The van der Waals surface area contributed by atoms with Crippen LogP contribution in [-0.2, 0) is 10.2 Å². The lowest BCUT2D eigenvalue weighted by atomic mass is 9.92. The summed E-state index contributed by atoms with van der Waals surface area (Å²) in [6.07, 6.45) is 0.479. The maximum absolute atomic E-state index is 12.7. The van der Waals surface area contributed by atoms with Gasteiger partial charge in [0.1, 0.15) is 5.82 Å². The van der Waals surface area contributed by atoms with E-state index in [-0.39, 0.29) is 18.0 Å². The smallest absolute Gasteiger partial charge is 0.323 e. The normalized spacial score (nSPS) is 17.2. The zero-order valence-electron chi connectivity index (χ0n) is 16.2. The third kappa shape index (κ3) is 4.13. The van der Waals surface area contributed by atoms with Gasteiger partial charge in [-0.25, -0.2) is 9.48 Å². The standard InChI is InChI=1S/C20H26N4O3/c1-13-6-5-7-15(10-13)24-17(11-16(22-24)20(2,3)4)21-19(27)23-9-8-14(12-23)18(25)26/h5-7,10-11,14H,8-9,12H2,1-4H3,(H,21,27)(H,25,26). The van der Waals surface area contributed by atoms with E-state index in [0.717, 1.165) is 16.9 Å². The molecule has 0 saturated carbocycles. The first-order valence-electron chi connectivity index (χ1n) is 9.11. The van der Waals surface area contributed by atoms with Gasteiger partial charge in [0.15, 0.2) is 0 Å². The van der Waals surface area contributed by atoms with Gasteiger partial charge in [-0.1, -0.05) is 32.9 Å². The summed E-state index contributed by atoms with van der Waals surface area (Å²) in [7, 11) is 0. The van der Waals surface area contributed by atoms with Crippen molar-refractivity contribution < 1.29 is 14.7 Å². The predicted octanol–water partition coefficient (Wildman–Crippen LogP) is 3.42. The van der Waals surface area contributed by atoms with Crippen LogP contribution in [0, 0.1) is 12.8 Å². The number of carbonyl (C=O) groups excluding carboxylic acids is 1. The quantitative estimate of drug-likeness (QED) is 0.867. The lowest BCUT2D eigenvalue weighted by Gasteiger charge is -2.17. The molecule has 0 bridgehead atoms. The molecule has 1 aromatic carbocycles. The van der Waals surface area contributed by atoms with Gasteiger partial charge < -0.3 is 10.0 Å². The van der Waals surface area contributed by atoms with E-state index in [9.17, 15) is 9.59 Å². The molecule has 27 heavy (non-hydrogen) atoms. The van der Waals surface area contributed by atoms with Crippen molar-refractivity contribution in [2.75, 3.05) is 18.4 Å². The molecule has 0 aliphatic carbocycles. The molecule has 3 rings (SSSR count). The molecule has 2 aromatic rings. The number of hydrogen-bond donors (Lipinski definition) is 2. The topological polar surface area (TPSA) is 87.5 Å². The number of aryl methyl sites for hydroxylation is 1. The van der Waals surface area contributed by atoms with Crippen molar-refractivity contribution in [1.29, 1.82) is 0 Å². The van der Waals surface area contributed by atoms with E-state index in [2.05, 4.69) is 26.1 Å². The Hall–Kier alpha value is -2.83. The Labute approximate surface area is 159 Å². The Morgan fingerprint density at radius 3 is 2.59 bits per heavy atom. The van der Waals surface area contributed by atoms with Crippen molar-refractivity contribution in [1.82, 2.24) is 14.7 Å². The number of likely N-dealkylation sites (tertiary alicyclic amines) is 1. The minimum atomic E-state index is -0.856. The van der Waals surface area contributed by atoms with Crippen LogP contribution in [0.5, 0.6) is 0 Å². The second-order valence-corrected chi connectivity index (χ2v) is 8.12. The Balaban J connectivity index is 1.89. The molecule has 7 heteroatoms. The summed E-state index contributed by atoms with van der Waals surface area (Å²) in [6, 6.07) is 9.49. The van der Waals surface area contributed by atoms with E-state index in [1.165, 1.54) is 0 Å². The Morgan fingerprint density at radius 2 is 2.00 bits per heavy atom. The van der Waals surface area contributed by atoms with Crippen molar-refractivity contribution in [3.05, 3.63) is 41.6 Å². The summed E-state index contributed by atoms with van der Waals surface area (Å²) in [5.74, 6) is -0.776. The van der Waals surface area contributed by atoms with Crippen molar-refractivity contribution in [3.8, 4) is 5.69 Å². The van der Waals surface area contributed by atoms with Gasteiger partial charge in [0.2, 0.25) is 0 Å². The number of hydrogen-bond acceptors (Lipinski definition) is 3. The Bertz CT molecular complexity index is 866. The number of benzene rings is 1. The second-order valence-electron chi connectivity index (χ2n) is 8.12. The molecule has 1 aromatic heterocycles. The zero-order valence-corrected chi connectivity index (χ0v) is 16.2. The third-order valence-electron chi connectivity index (χ3n) is 4.78. The van der Waals surface area contributed by atoms with E-state index in [0.29, 0.717) is 18.8 Å². The number of nitrogens with one attached hydrogen (secondary N) is 1. The predicted molar refractivity (Wildman–Crippen MR) is 103 cm³/mol. The minimum absolute atomic E-state index is 0.170. The van der Waals surface area contributed by atoms with Gasteiger partial charge in [-0.2, -0.15) is 5.10 Å². The van der Waals surface area contributed by atoms with Crippen LogP contribution in [-0.4, -0.2) is 44.9 Å². The molecule has 1 fully saturated rings. The molecule has 7 nitrogen and oxygen atoms in total. The molecular formula is C20H26N4O3. The largest absolute Gasteiger partial charge is 0.481 e. The number of anilines is 1. The van der Waals surface area contributed by atoms with Crippen LogP contribution >= 0.6 is 0 Å². The fourth-order valence-electron chi connectivity index (χ4n) is 3.13. The van der Waals surface area contributed by atoms with Gasteiger partial charge in [0.25, 0.3) is 0 Å². The SMILES string of the molecule is Cc1cccc(-n2nc(C(C)(C)C)cc2NC(=O)N2CCC(C(=O)O)C2)c1. The number of urea groups is 1. The molecule has 1 unspecified atom stereocenters. The number of aliphatic carboxylic acids is 1. The Kier molecular flexibility index (Phi) is 4.95. The van der Waals surface area contributed by atoms with Crippen molar-refractivity contribution in [2.45, 2.75) is 39.5 Å². The molecular weight excluding hydrogens is 344 g/mol. The second kappa shape index (κ2) is 7.06. The summed E-state index contributed by atoms with van der Waals surface area (Å²) in [5.41, 5.74) is 2.66.